The van der Waals surface area contributed by atoms with Gasteiger partial charge in [0.25, 0.3) is 0 Å². The highest BCUT2D eigenvalue weighted by Gasteiger charge is 2.29. The molecule has 0 bridgehead atoms. The molecule has 0 radical (unpaired) electrons. The van der Waals surface area contributed by atoms with E-state index in [1.807, 2.05) is 24.3 Å². The van der Waals surface area contributed by atoms with Crippen molar-refractivity contribution >= 4 is 11.7 Å². The number of carbonyl (C=O) groups excluding carboxylic acids is 1. The number of hydrogen-bond acceptors (Lipinski definition) is 8. The Morgan fingerprint density at radius 3 is 2.28 bits per heavy atom. The first-order chi connectivity index (χ1) is 19.0. The molecule has 39 heavy (non-hydrogen) atoms. The summed E-state index contributed by atoms with van der Waals surface area (Å²) in [7, 11) is 3.83. The number of anilines is 1. The minimum absolute atomic E-state index is 0.00726. The molecule has 2 fully saturated rings. The number of methoxy groups -OCH3 is 1. The van der Waals surface area contributed by atoms with E-state index in [2.05, 4.69) is 51.4 Å². The third-order valence-corrected chi connectivity index (χ3v) is 7.84. The van der Waals surface area contributed by atoms with E-state index in [1.165, 1.54) is 11.3 Å². The van der Waals surface area contributed by atoms with Crippen molar-refractivity contribution in [3.05, 3.63) is 65.4 Å². The van der Waals surface area contributed by atoms with Gasteiger partial charge in [-0.15, -0.1) is 5.10 Å². The number of nitrogens with zero attached hydrogens (tertiary/aromatic N) is 5. The molecular formula is C30H39N5O4. The summed E-state index contributed by atoms with van der Waals surface area (Å²) in [6.45, 7) is 6.85. The van der Waals surface area contributed by atoms with Crippen molar-refractivity contribution in [2.24, 2.45) is 0 Å². The molecule has 2 heterocycles. The van der Waals surface area contributed by atoms with Crippen LogP contribution in [0, 0.1) is 0 Å². The van der Waals surface area contributed by atoms with Gasteiger partial charge in [-0.3, -0.25) is 0 Å². The van der Waals surface area contributed by atoms with Crippen LogP contribution in [0.5, 0.6) is 11.6 Å². The fraction of sp³-hybridized carbons (Fsp3) is 0.500. The molecule has 9 heteroatoms. The van der Waals surface area contributed by atoms with Crippen LogP contribution >= 0.6 is 0 Å². The third-order valence-electron chi connectivity index (χ3n) is 7.84. The second kappa shape index (κ2) is 12.5. The molecule has 3 aromatic rings. The van der Waals surface area contributed by atoms with Crippen molar-refractivity contribution in [3.8, 4) is 11.6 Å². The Kier molecular flexibility index (Phi) is 8.66. The Hall–Kier alpha value is -3.59. The lowest BCUT2D eigenvalue weighted by Crippen LogP contribution is -2.44. The molecule has 2 aliphatic rings. The van der Waals surface area contributed by atoms with Crippen LogP contribution in [0.2, 0.25) is 0 Å². The van der Waals surface area contributed by atoms with Crippen LogP contribution in [-0.4, -0.2) is 78.9 Å². The van der Waals surface area contributed by atoms with Crippen molar-refractivity contribution in [2.75, 3.05) is 51.8 Å². The number of carbonyl (C=O) groups is 1. The topological polar surface area (TPSA) is 81.9 Å². The fourth-order valence-corrected chi connectivity index (χ4v) is 5.45. The minimum Gasteiger partial charge on any atom is -0.497 e. The van der Waals surface area contributed by atoms with E-state index in [9.17, 15) is 4.79 Å². The Bertz CT molecular complexity index is 1210. The van der Waals surface area contributed by atoms with E-state index < -0.39 is 5.97 Å². The monoisotopic (exact) mass is 533 g/mol. The van der Waals surface area contributed by atoms with E-state index in [0.29, 0.717) is 18.3 Å². The molecule has 0 unspecified atom stereocenters. The van der Waals surface area contributed by atoms with E-state index in [0.717, 1.165) is 63.2 Å². The van der Waals surface area contributed by atoms with Crippen molar-refractivity contribution < 1.29 is 19.0 Å². The van der Waals surface area contributed by atoms with E-state index in [-0.39, 0.29) is 18.4 Å². The average Bonchev–Trinajstić information content (AvgIpc) is 3.36. The highest BCUT2D eigenvalue weighted by molar-refractivity contribution is 5.89. The predicted molar refractivity (Wildman–Crippen MR) is 150 cm³/mol. The zero-order chi connectivity index (χ0) is 27.2. The molecule has 1 aliphatic carbocycles. The van der Waals surface area contributed by atoms with Crippen LogP contribution in [0.15, 0.2) is 48.5 Å². The normalized spacial score (nSPS) is 20.0. The lowest BCUT2D eigenvalue weighted by atomic mass is 9.82. The van der Waals surface area contributed by atoms with Gasteiger partial charge in [0.1, 0.15) is 11.9 Å². The minimum atomic E-state index is -0.511. The van der Waals surface area contributed by atoms with Gasteiger partial charge in [-0.25, -0.2) is 9.48 Å². The van der Waals surface area contributed by atoms with Gasteiger partial charge in [0, 0.05) is 31.9 Å². The molecule has 208 valence electrons. The number of rotatable bonds is 9. The first-order valence-corrected chi connectivity index (χ1v) is 14.0. The van der Waals surface area contributed by atoms with Crippen LogP contribution in [0.25, 0.3) is 0 Å². The Labute approximate surface area is 230 Å². The molecule has 0 N–H and O–H groups in total. The summed E-state index contributed by atoms with van der Waals surface area (Å²) in [5, 5.41) is 8.36. The van der Waals surface area contributed by atoms with Crippen LogP contribution < -0.4 is 14.4 Å². The molecule has 5 rings (SSSR count). The highest BCUT2D eigenvalue weighted by atomic mass is 16.5. The fourth-order valence-electron chi connectivity index (χ4n) is 5.45. The van der Waals surface area contributed by atoms with Gasteiger partial charge in [0.05, 0.1) is 20.3 Å². The summed E-state index contributed by atoms with van der Waals surface area (Å²) >= 11 is 0. The van der Waals surface area contributed by atoms with Gasteiger partial charge in [-0.2, -0.15) is 0 Å². The van der Waals surface area contributed by atoms with E-state index in [1.54, 1.807) is 18.7 Å². The summed E-state index contributed by atoms with van der Waals surface area (Å²) in [4.78, 5) is 17.5. The number of aromatic nitrogens is 3. The SMILES string of the molecule is CCOC(=O)c1nnn(Cc2ccc(OC)cc2)c1OC1CCC(c2ccc(N3CCN(C)CC3)cc2)CC1. The molecule has 0 spiro atoms. The second-order valence-corrected chi connectivity index (χ2v) is 10.4. The summed E-state index contributed by atoms with van der Waals surface area (Å²) in [5.74, 6) is 1.16. The molecule has 1 saturated heterocycles. The lowest BCUT2D eigenvalue weighted by Gasteiger charge is -2.34. The number of likely N-dealkylation sites (N-methyl/N-ethyl adjacent to an activating group) is 1. The second-order valence-electron chi connectivity index (χ2n) is 10.4. The molecule has 0 amide bonds. The van der Waals surface area contributed by atoms with Crippen LogP contribution in [-0.2, 0) is 11.3 Å². The molecule has 9 nitrogen and oxygen atoms in total. The molecule has 1 aliphatic heterocycles. The summed E-state index contributed by atoms with van der Waals surface area (Å²) in [6.07, 6.45) is 3.87. The number of hydrogen-bond donors (Lipinski definition) is 0. The van der Waals surface area contributed by atoms with Gasteiger partial charge < -0.3 is 24.0 Å². The molecular weight excluding hydrogens is 494 g/mol. The van der Waals surface area contributed by atoms with E-state index >= 15 is 0 Å². The van der Waals surface area contributed by atoms with Gasteiger partial charge >= 0.3 is 5.97 Å². The lowest BCUT2D eigenvalue weighted by molar-refractivity contribution is 0.0507. The van der Waals surface area contributed by atoms with Crippen molar-refractivity contribution in [1.82, 2.24) is 19.9 Å². The van der Waals surface area contributed by atoms with Crippen LogP contribution in [0.3, 0.4) is 0 Å². The van der Waals surface area contributed by atoms with Gasteiger partial charge in [-0.1, -0.05) is 29.5 Å². The number of ether oxygens (including phenoxy) is 3. The molecule has 0 atom stereocenters. The van der Waals surface area contributed by atoms with Crippen LogP contribution in [0.4, 0.5) is 5.69 Å². The molecule has 1 aromatic heterocycles. The molecule has 2 aromatic carbocycles. The van der Waals surface area contributed by atoms with E-state index in [4.69, 9.17) is 14.2 Å². The average molecular weight is 534 g/mol. The zero-order valence-electron chi connectivity index (χ0n) is 23.2. The maximum atomic E-state index is 12.6. The number of piperazine rings is 1. The largest absolute Gasteiger partial charge is 0.497 e. The van der Waals surface area contributed by atoms with Crippen LogP contribution in [0.1, 0.15) is 60.1 Å². The van der Waals surface area contributed by atoms with Crippen molar-refractivity contribution in [1.29, 1.82) is 0 Å². The quantitative estimate of drug-likeness (QED) is 0.375. The number of esters is 1. The van der Waals surface area contributed by atoms with Crippen molar-refractivity contribution in [2.45, 2.75) is 51.2 Å². The van der Waals surface area contributed by atoms with Crippen molar-refractivity contribution in [3.63, 3.8) is 0 Å². The standard InChI is InChI=1S/C30H39N5O4/c1-4-38-30(36)28-29(35(32-31-28)21-22-5-13-26(37-3)14-6-22)39-27-15-9-24(10-16-27)23-7-11-25(12-8-23)34-19-17-33(2)18-20-34/h5-8,11-14,24,27H,4,9-10,15-21H2,1-3H3. The summed E-state index contributed by atoms with van der Waals surface area (Å²) in [5.41, 5.74) is 3.84. The van der Waals surface area contributed by atoms with Gasteiger partial charge in [0.2, 0.25) is 11.6 Å². The maximum Gasteiger partial charge on any atom is 0.364 e. The Morgan fingerprint density at radius 1 is 0.949 bits per heavy atom. The Balaban J connectivity index is 1.23. The van der Waals surface area contributed by atoms with Gasteiger partial charge in [0.15, 0.2) is 0 Å². The predicted octanol–water partition coefficient (Wildman–Crippen LogP) is 4.37. The first-order valence-electron chi connectivity index (χ1n) is 14.0. The highest BCUT2D eigenvalue weighted by Crippen LogP contribution is 2.36. The zero-order valence-corrected chi connectivity index (χ0v) is 23.2. The summed E-state index contributed by atoms with van der Waals surface area (Å²) in [6, 6.07) is 16.9. The number of benzene rings is 2. The summed E-state index contributed by atoms with van der Waals surface area (Å²) < 4.78 is 18.6. The molecule has 1 saturated carbocycles. The third kappa shape index (κ3) is 6.53. The maximum absolute atomic E-state index is 12.6. The first kappa shape index (κ1) is 27.0. The smallest absolute Gasteiger partial charge is 0.364 e. The Morgan fingerprint density at radius 2 is 1.64 bits per heavy atom. The van der Waals surface area contributed by atoms with Gasteiger partial charge in [-0.05, 0) is 81.0 Å².